The molecular weight excluding hydrogens is 136 g/mol. The molecule has 1 unspecified atom stereocenters. The first kappa shape index (κ1) is 11.0. The standard InChI is InChI=1S/C10H22O/c1-9(10(2,3)4)7-5-6-8-11/h9,11H,5-8H2,1-4H3. The van der Waals surface area contributed by atoms with Gasteiger partial charge in [0, 0.05) is 6.61 Å². The third kappa shape index (κ3) is 5.25. The summed E-state index contributed by atoms with van der Waals surface area (Å²) in [5.74, 6) is 0.758. The molecule has 1 atom stereocenters. The van der Waals surface area contributed by atoms with Crippen LogP contribution in [-0.2, 0) is 0 Å². The summed E-state index contributed by atoms with van der Waals surface area (Å²) in [5.41, 5.74) is 0.426. The Bertz CT molecular complexity index is 91.5. The van der Waals surface area contributed by atoms with Gasteiger partial charge < -0.3 is 5.11 Å². The van der Waals surface area contributed by atoms with Gasteiger partial charge in [0.25, 0.3) is 0 Å². The lowest BCUT2D eigenvalue weighted by Gasteiger charge is -2.27. The maximum atomic E-state index is 8.58. The number of hydrogen-bond acceptors (Lipinski definition) is 1. The first-order chi connectivity index (χ1) is 4.98. The highest BCUT2D eigenvalue weighted by Gasteiger charge is 2.18. The topological polar surface area (TPSA) is 20.2 Å². The van der Waals surface area contributed by atoms with Crippen molar-refractivity contribution in [2.45, 2.75) is 47.0 Å². The molecular formula is C10H22O. The molecule has 0 aliphatic rings. The van der Waals surface area contributed by atoms with E-state index in [9.17, 15) is 0 Å². The monoisotopic (exact) mass is 158 g/mol. The van der Waals surface area contributed by atoms with Crippen molar-refractivity contribution < 1.29 is 5.11 Å². The molecule has 0 saturated heterocycles. The molecule has 0 aromatic heterocycles. The predicted octanol–water partition coefficient (Wildman–Crippen LogP) is 2.83. The summed E-state index contributed by atoms with van der Waals surface area (Å²) < 4.78 is 0. The van der Waals surface area contributed by atoms with Gasteiger partial charge in [-0.1, -0.05) is 40.5 Å². The summed E-state index contributed by atoms with van der Waals surface area (Å²) in [7, 11) is 0. The van der Waals surface area contributed by atoms with Crippen molar-refractivity contribution in [2.75, 3.05) is 6.61 Å². The molecule has 0 aliphatic carbocycles. The van der Waals surface area contributed by atoms with Gasteiger partial charge in [-0.3, -0.25) is 0 Å². The minimum atomic E-state index is 0.344. The molecule has 1 nitrogen and oxygen atoms in total. The maximum Gasteiger partial charge on any atom is 0.0431 e. The summed E-state index contributed by atoms with van der Waals surface area (Å²) in [5, 5.41) is 8.58. The minimum Gasteiger partial charge on any atom is -0.396 e. The van der Waals surface area contributed by atoms with Gasteiger partial charge in [0.2, 0.25) is 0 Å². The highest BCUT2D eigenvalue weighted by Crippen LogP contribution is 2.29. The molecule has 0 fully saturated rings. The zero-order chi connectivity index (χ0) is 8.91. The van der Waals surface area contributed by atoms with Crippen molar-refractivity contribution in [3.8, 4) is 0 Å². The molecule has 0 aromatic carbocycles. The van der Waals surface area contributed by atoms with Crippen molar-refractivity contribution >= 4 is 0 Å². The first-order valence-electron chi connectivity index (χ1n) is 4.59. The Morgan fingerprint density at radius 1 is 1.18 bits per heavy atom. The number of aliphatic hydroxyl groups excluding tert-OH is 1. The molecule has 0 aliphatic heterocycles. The smallest absolute Gasteiger partial charge is 0.0431 e. The SMILES string of the molecule is CC(CCCCO)C(C)(C)C. The second-order valence-corrected chi connectivity index (χ2v) is 4.49. The van der Waals surface area contributed by atoms with Crippen LogP contribution in [0.3, 0.4) is 0 Å². The van der Waals surface area contributed by atoms with Gasteiger partial charge in [0.1, 0.15) is 0 Å². The van der Waals surface area contributed by atoms with Crippen LogP contribution in [0.15, 0.2) is 0 Å². The lowest BCUT2D eigenvalue weighted by molar-refractivity contribution is 0.227. The van der Waals surface area contributed by atoms with Crippen LogP contribution >= 0.6 is 0 Å². The summed E-state index contributed by atoms with van der Waals surface area (Å²) in [6.07, 6.45) is 3.36. The molecule has 0 radical (unpaired) electrons. The van der Waals surface area contributed by atoms with Crippen molar-refractivity contribution in [3.05, 3.63) is 0 Å². The van der Waals surface area contributed by atoms with Crippen LogP contribution in [0.4, 0.5) is 0 Å². The van der Waals surface area contributed by atoms with Crippen LogP contribution in [-0.4, -0.2) is 11.7 Å². The van der Waals surface area contributed by atoms with E-state index in [0.717, 1.165) is 18.8 Å². The van der Waals surface area contributed by atoms with E-state index < -0.39 is 0 Å². The van der Waals surface area contributed by atoms with Crippen molar-refractivity contribution in [1.29, 1.82) is 0 Å². The van der Waals surface area contributed by atoms with Gasteiger partial charge in [-0.25, -0.2) is 0 Å². The average Bonchev–Trinajstić information content (AvgIpc) is 1.86. The second kappa shape index (κ2) is 4.76. The van der Waals surface area contributed by atoms with Gasteiger partial charge in [-0.15, -0.1) is 0 Å². The van der Waals surface area contributed by atoms with Crippen LogP contribution in [0.2, 0.25) is 0 Å². The van der Waals surface area contributed by atoms with Crippen molar-refractivity contribution in [2.24, 2.45) is 11.3 Å². The normalized spacial score (nSPS) is 15.0. The third-order valence-corrected chi connectivity index (χ3v) is 2.52. The number of hydrogen-bond donors (Lipinski definition) is 1. The summed E-state index contributed by atoms with van der Waals surface area (Å²) >= 11 is 0. The van der Waals surface area contributed by atoms with Gasteiger partial charge in [0.05, 0.1) is 0 Å². The van der Waals surface area contributed by atoms with Crippen LogP contribution in [0.5, 0.6) is 0 Å². The molecule has 0 heterocycles. The fraction of sp³-hybridized carbons (Fsp3) is 1.00. The van der Waals surface area contributed by atoms with E-state index >= 15 is 0 Å². The van der Waals surface area contributed by atoms with Crippen molar-refractivity contribution in [3.63, 3.8) is 0 Å². The van der Waals surface area contributed by atoms with Crippen LogP contribution in [0.1, 0.15) is 47.0 Å². The highest BCUT2D eigenvalue weighted by atomic mass is 16.2. The number of aliphatic hydroxyl groups is 1. The third-order valence-electron chi connectivity index (χ3n) is 2.52. The van der Waals surface area contributed by atoms with E-state index in [1.807, 2.05) is 0 Å². The van der Waals surface area contributed by atoms with Gasteiger partial charge in [0.15, 0.2) is 0 Å². The van der Waals surface area contributed by atoms with E-state index in [1.54, 1.807) is 0 Å². The molecule has 0 rings (SSSR count). The van der Waals surface area contributed by atoms with Gasteiger partial charge in [-0.2, -0.15) is 0 Å². The van der Waals surface area contributed by atoms with Crippen LogP contribution in [0, 0.1) is 11.3 Å². The molecule has 0 amide bonds. The quantitative estimate of drug-likeness (QED) is 0.624. The number of unbranched alkanes of at least 4 members (excludes halogenated alkanes) is 1. The Morgan fingerprint density at radius 3 is 2.09 bits per heavy atom. The maximum absolute atomic E-state index is 8.58. The lowest BCUT2D eigenvalue weighted by Crippen LogP contribution is -2.17. The van der Waals surface area contributed by atoms with E-state index in [1.165, 1.54) is 6.42 Å². The van der Waals surface area contributed by atoms with E-state index in [-0.39, 0.29) is 0 Å². The van der Waals surface area contributed by atoms with E-state index in [2.05, 4.69) is 27.7 Å². The molecule has 1 heteroatoms. The zero-order valence-electron chi connectivity index (χ0n) is 8.35. The molecule has 0 spiro atoms. The predicted molar refractivity (Wildman–Crippen MR) is 49.6 cm³/mol. The van der Waals surface area contributed by atoms with Crippen molar-refractivity contribution in [1.82, 2.24) is 0 Å². The largest absolute Gasteiger partial charge is 0.396 e. The van der Waals surface area contributed by atoms with Gasteiger partial charge in [-0.05, 0) is 17.8 Å². The fourth-order valence-corrected chi connectivity index (χ4v) is 0.995. The van der Waals surface area contributed by atoms with E-state index in [4.69, 9.17) is 5.11 Å². The van der Waals surface area contributed by atoms with Gasteiger partial charge >= 0.3 is 0 Å². The molecule has 11 heavy (non-hydrogen) atoms. The summed E-state index contributed by atoms with van der Waals surface area (Å²) in [6, 6.07) is 0. The molecule has 0 saturated carbocycles. The number of rotatable bonds is 4. The Hall–Kier alpha value is -0.0400. The molecule has 0 aromatic rings. The Morgan fingerprint density at radius 2 is 1.73 bits per heavy atom. The Kier molecular flexibility index (Phi) is 4.74. The highest BCUT2D eigenvalue weighted by molar-refractivity contribution is 4.69. The Labute approximate surface area is 70.8 Å². The van der Waals surface area contributed by atoms with E-state index in [0.29, 0.717) is 12.0 Å². The first-order valence-corrected chi connectivity index (χ1v) is 4.59. The molecule has 68 valence electrons. The average molecular weight is 158 g/mol. The fourth-order valence-electron chi connectivity index (χ4n) is 0.995. The summed E-state index contributed by atoms with van der Waals surface area (Å²) in [6.45, 7) is 9.46. The minimum absolute atomic E-state index is 0.344. The van der Waals surface area contributed by atoms with Crippen LogP contribution in [0.25, 0.3) is 0 Å². The Balaban J connectivity index is 3.44. The second-order valence-electron chi connectivity index (χ2n) is 4.49. The lowest BCUT2D eigenvalue weighted by atomic mass is 9.79. The zero-order valence-corrected chi connectivity index (χ0v) is 8.35. The molecule has 1 N–H and O–H groups in total. The molecule has 0 bridgehead atoms. The van der Waals surface area contributed by atoms with Crippen LogP contribution < -0.4 is 0 Å². The summed E-state index contributed by atoms with van der Waals surface area (Å²) in [4.78, 5) is 0.